The van der Waals surface area contributed by atoms with Crippen LogP contribution in [0.5, 0.6) is 0 Å². The molecule has 0 unspecified atom stereocenters. The van der Waals surface area contributed by atoms with Crippen LogP contribution in [0.15, 0.2) is 35.3 Å². The van der Waals surface area contributed by atoms with Crippen LogP contribution >= 0.6 is 0 Å². The number of carbonyl (C=O) groups excluding carboxylic acids is 2. The third kappa shape index (κ3) is 11.4. The number of carbonyl (C=O) groups is 2. The standard InChI is InChI=1S/C22H38N6O2/c1-3-4-5-9-14-25-17(2)20(29)28-19(13-10-15-26-22(23)24)21(30)27-16-18-11-7-6-8-12-18/h6-8,11-12,17,19,25H,3-5,9-10,13-16H2,1-2H3,(H,27,30)(H,28,29)(H4,23,24,26)/t17-,19-/m0/s1. The van der Waals surface area contributed by atoms with Crippen molar-refractivity contribution >= 4 is 17.8 Å². The molecule has 0 aromatic heterocycles. The number of rotatable bonds is 15. The van der Waals surface area contributed by atoms with Crippen LogP contribution in [0.1, 0.15) is 57.9 Å². The van der Waals surface area contributed by atoms with E-state index in [1.165, 1.54) is 12.8 Å². The van der Waals surface area contributed by atoms with E-state index >= 15 is 0 Å². The molecule has 0 radical (unpaired) electrons. The normalized spacial score (nSPS) is 12.6. The lowest BCUT2D eigenvalue weighted by Crippen LogP contribution is -2.52. The van der Waals surface area contributed by atoms with Crippen molar-refractivity contribution in [2.45, 2.75) is 71.0 Å². The molecule has 0 heterocycles. The smallest absolute Gasteiger partial charge is 0.242 e. The van der Waals surface area contributed by atoms with Crippen molar-refractivity contribution in [2.24, 2.45) is 16.5 Å². The van der Waals surface area contributed by atoms with E-state index in [-0.39, 0.29) is 23.8 Å². The van der Waals surface area contributed by atoms with Gasteiger partial charge in [-0.2, -0.15) is 0 Å². The van der Waals surface area contributed by atoms with Gasteiger partial charge in [-0.25, -0.2) is 0 Å². The summed E-state index contributed by atoms with van der Waals surface area (Å²) in [4.78, 5) is 29.2. The topological polar surface area (TPSA) is 135 Å². The average Bonchev–Trinajstić information content (AvgIpc) is 2.74. The molecule has 8 heteroatoms. The zero-order chi connectivity index (χ0) is 22.2. The Morgan fingerprint density at radius 2 is 1.77 bits per heavy atom. The number of amides is 2. The molecule has 30 heavy (non-hydrogen) atoms. The van der Waals surface area contributed by atoms with Crippen molar-refractivity contribution in [1.82, 2.24) is 16.0 Å². The molecule has 0 spiro atoms. The molecule has 0 aliphatic carbocycles. The van der Waals surface area contributed by atoms with Crippen molar-refractivity contribution in [3.8, 4) is 0 Å². The van der Waals surface area contributed by atoms with Gasteiger partial charge >= 0.3 is 0 Å². The van der Waals surface area contributed by atoms with Crippen molar-refractivity contribution in [3.63, 3.8) is 0 Å². The van der Waals surface area contributed by atoms with E-state index in [0.717, 1.165) is 24.9 Å². The molecule has 1 aromatic carbocycles. The Labute approximate surface area is 180 Å². The minimum absolute atomic E-state index is 0.0185. The first-order chi connectivity index (χ1) is 14.4. The second-order valence-corrected chi connectivity index (χ2v) is 7.45. The Balaban J connectivity index is 2.56. The quantitative estimate of drug-likeness (QED) is 0.167. The second kappa shape index (κ2) is 15.3. The molecule has 2 amide bonds. The molecule has 1 aromatic rings. The summed E-state index contributed by atoms with van der Waals surface area (Å²) in [6, 6.07) is 8.64. The van der Waals surface area contributed by atoms with E-state index in [2.05, 4.69) is 27.9 Å². The summed E-state index contributed by atoms with van der Waals surface area (Å²) < 4.78 is 0. The van der Waals surface area contributed by atoms with Gasteiger partial charge in [0.05, 0.1) is 6.04 Å². The van der Waals surface area contributed by atoms with Crippen LogP contribution < -0.4 is 27.4 Å². The van der Waals surface area contributed by atoms with Crippen LogP contribution in [0.25, 0.3) is 0 Å². The van der Waals surface area contributed by atoms with Gasteiger partial charge in [0.25, 0.3) is 0 Å². The molecule has 0 bridgehead atoms. The fourth-order valence-electron chi connectivity index (χ4n) is 2.94. The average molecular weight is 419 g/mol. The number of hydrogen-bond donors (Lipinski definition) is 5. The van der Waals surface area contributed by atoms with E-state index in [1.807, 2.05) is 37.3 Å². The molecule has 1 rings (SSSR count). The van der Waals surface area contributed by atoms with E-state index in [4.69, 9.17) is 11.5 Å². The third-order valence-corrected chi connectivity index (χ3v) is 4.76. The zero-order valence-electron chi connectivity index (χ0n) is 18.3. The van der Waals surface area contributed by atoms with Crippen LogP contribution in [0.3, 0.4) is 0 Å². The third-order valence-electron chi connectivity index (χ3n) is 4.76. The number of aliphatic imine (C=N–C) groups is 1. The number of nitrogens with one attached hydrogen (secondary N) is 3. The molecule has 168 valence electrons. The van der Waals surface area contributed by atoms with Crippen molar-refractivity contribution in [1.29, 1.82) is 0 Å². The van der Waals surface area contributed by atoms with Crippen molar-refractivity contribution in [3.05, 3.63) is 35.9 Å². The molecular formula is C22H38N6O2. The predicted molar refractivity (Wildman–Crippen MR) is 122 cm³/mol. The van der Waals surface area contributed by atoms with Gasteiger partial charge in [0.15, 0.2) is 5.96 Å². The highest BCUT2D eigenvalue weighted by Crippen LogP contribution is 2.03. The summed E-state index contributed by atoms with van der Waals surface area (Å²) in [6.07, 6.45) is 5.59. The molecule has 0 saturated heterocycles. The molecule has 0 saturated carbocycles. The van der Waals surface area contributed by atoms with Gasteiger partial charge in [0.1, 0.15) is 6.04 Å². The second-order valence-electron chi connectivity index (χ2n) is 7.45. The predicted octanol–water partition coefficient (Wildman–Crippen LogP) is 1.40. The number of nitrogens with zero attached hydrogens (tertiary/aromatic N) is 1. The molecule has 0 aliphatic heterocycles. The van der Waals surface area contributed by atoms with Crippen LogP contribution in [0, 0.1) is 0 Å². The van der Waals surface area contributed by atoms with E-state index < -0.39 is 6.04 Å². The first kappa shape index (κ1) is 25.4. The minimum Gasteiger partial charge on any atom is -0.370 e. The van der Waals surface area contributed by atoms with Gasteiger partial charge < -0.3 is 27.4 Å². The van der Waals surface area contributed by atoms with E-state index in [1.54, 1.807) is 0 Å². The number of guanidine groups is 1. The SMILES string of the molecule is CCCCCCN[C@@H](C)C(=O)N[C@@H](CCCN=C(N)N)C(=O)NCc1ccccc1. The Hall–Kier alpha value is -2.61. The monoisotopic (exact) mass is 418 g/mol. The maximum atomic E-state index is 12.7. The lowest BCUT2D eigenvalue weighted by atomic mass is 10.1. The summed E-state index contributed by atoms with van der Waals surface area (Å²) in [5.41, 5.74) is 11.7. The van der Waals surface area contributed by atoms with E-state index in [9.17, 15) is 9.59 Å². The van der Waals surface area contributed by atoms with Gasteiger partial charge in [0.2, 0.25) is 11.8 Å². The lowest BCUT2D eigenvalue weighted by molar-refractivity contribution is -0.130. The van der Waals surface area contributed by atoms with Gasteiger partial charge in [-0.05, 0) is 38.3 Å². The number of nitrogens with two attached hydrogens (primary N) is 2. The van der Waals surface area contributed by atoms with Gasteiger partial charge in [0, 0.05) is 13.1 Å². The molecule has 2 atom stereocenters. The lowest BCUT2D eigenvalue weighted by Gasteiger charge is -2.21. The largest absolute Gasteiger partial charge is 0.370 e. The Kier molecular flexibility index (Phi) is 12.9. The van der Waals surface area contributed by atoms with Gasteiger partial charge in [-0.15, -0.1) is 0 Å². The summed E-state index contributed by atoms with van der Waals surface area (Å²) in [7, 11) is 0. The fraction of sp³-hybridized carbons (Fsp3) is 0.591. The number of hydrogen-bond acceptors (Lipinski definition) is 4. The fourth-order valence-corrected chi connectivity index (χ4v) is 2.94. The Bertz CT molecular complexity index is 646. The molecule has 0 aliphatic rings. The molecule has 0 fully saturated rings. The highest BCUT2D eigenvalue weighted by molar-refractivity contribution is 5.89. The molecule has 8 nitrogen and oxygen atoms in total. The Morgan fingerprint density at radius 3 is 2.43 bits per heavy atom. The first-order valence-corrected chi connectivity index (χ1v) is 10.8. The number of benzene rings is 1. The van der Waals surface area contributed by atoms with Gasteiger partial charge in [-0.1, -0.05) is 56.5 Å². The zero-order valence-corrected chi connectivity index (χ0v) is 18.3. The highest BCUT2D eigenvalue weighted by atomic mass is 16.2. The summed E-state index contributed by atoms with van der Waals surface area (Å²) in [5, 5.41) is 9.00. The summed E-state index contributed by atoms with van der Waals surface area (Å²) >= 11 is 0. The number of unbranched alkanes of at least 4 members (excludes halogenated alkanes) is 3. The van der Waals surface area contributed by atoms with Crippen LogP contribution in [-0.2, 0) is 16.1 Å². The maximum absolute atomic E-state index is 12.7. The van der Waals surface area contributed by atoms with Gasteiger partial charge in [-0.3, -0.25) is 14.6 Å². The van der Waals surface area contributed by atoms with Crippen molar-refractivity contribution < 1.29 is 9.59 Å². The van der Waals surface area contributed by atoms with Crippen molar-refractivity contribution in [2.75, 3.05) is 13.1 Å². The van der Waals surface area contributed by atoms with Crippen LogP contribution in [0.2, 0.25) is 0 Å². The summed E-state index contributed by atoms with van der Waals surface area (Å²) in [6.45, 7) is 5.58. The van der Waals surface area contributed by atoms with Crippen LogP contribution in [0.4, 0.5) is 0 Å². The summed E-state index contributed by atoms with van der Waals surface area (Å²) in [5.74, 6) is -0.385. The maximum Gasteiger partial charge on any atom is 0.242 e. The Morgan fingerprint density at radius 1 is 1.03 bits per heavy atom. The minimum atomic E-state index is -0.639. The molecule has 7 N–H and O–H groups in total. The van der Waals surface area contributed by atoms with Crippen LogP contribution in [-0.4, -0.2) is 42.9 Å². The highest BCUT2D eigenvalue weighted by Gasteiger charge is 2.22. The first-order valence-electron chi connectivity index (χ1n) is 10.8. The molecular weight excluding hydrogens is 380 g/mol. The van der Waals surface area contributed by atoms with E-state index in [0.29, 0.717) is 25.9 Å².